The summed E-state index contributed by atoms with van der Waals surface area (Å²) in [5.41, 5.74) is 5.85. The van der Waals surface area contributed by atoms with Gasteiger partial charge in [0.25, 0.3) is 0 Å². The SMILES string of the molecule is COc1cnn(C(C)C)c1C1(O)CCC(N)CC1. The zero-order chi connectivity index (χ0) is 13.3. The fraction of sp³-hybridized carbons (Fsp3) is 0.769. The first-order valence-corrected chi connectivity index (χ1v) is 6.58. The first-order valence-electron chi connectivity index (χ1n) is 6.58. The molecule has 1 saturated carbocycles. The van der Waals surface area contributed by atoms with Crippen LogP contribution in [0, 0.1) is 0 Å². The van der Waals surface area contributed by atoms with Crippen LogP contribution in [-0.2, 0) is 5.60 Å². The average Bonchev–Trinajstić information content (AvgIpc) is 2.78. The van der Waals surface area contributed by atoms with Gasteiger partial charge in [0.2, 0.25) is 0 Å². The Kier molecular flexibility index (Phi) is 3.64. The second-order valence-electron chi connectivity index (χ2n) is 5.47. The summed E-state index contributed by atoms with van der Waals surface area (Å²) in [7, 11) is 1.61. The fourth-order valence-electron chi connectivity index (χ4n) is 2.68. The number of nitrogens with zero attached hydrogens (tertiary/aromatic N) is 2. The highest BCUT2D eigenvalue weighted by Gasteiger charge is 2.39. The molecule has 0 amide bonds. The van der Waals surface area contributed by atoms with Crippen LogP contribution in [0.1, 0.15) is 51.3 Å². The van der Waals surface area contributed by atoms with Crippen LogP contribution in [-0.4, -0.2) is 28.0 Å². The van der Waals surface area contributed by atoms with Crippen LogP contribution >= 0.6 is 0 Å². The number of hydrogen-bond acceptors (Lipinski definition) is 4. The maximum absolute atomic E-state index is 10.9. The van der Waals surface area contributed by atoms with Gasteiger partial charge >= 0.3 is 0 Å². The predicted molar refractivity (Wildman–Crippen MR) is 69.5 cm³/mol. The molecule has 2 rings (SSSR count). The van der Waals surface area contributed by atoms with E-state index < -0.39 is 5.60 Å². The molecule has 1 fully saturated rings. The molecule has 102 valence electrons. The molecule has 1 aromatic heterocycles. The minimum absolute atomic E-state index is 0.198. The van der Waals surface area contributed by atoms with Crippen molar-refractivity contribution in [1.29, 1.82) is 0 Å². The number of ether oxygens (including phenoxy) is 1. The molecule has 0 radical (unpaired) electrons. The Morgan fingerprint density at radius 2 is 2.11 bits per heavy atom. The maximum Gasteiger partial charge on any atom is 0.162 e. The van der Waals surface area contributed by atoms with E-state index in [0.29, 0.717) is 18.6 Å². The molecular weight excluding hydrogens is 230 g/mol. The molecular formula is C13H23N3O2. The zero-order valence-electron chi connectivity index (χ0n) is 11.4. The smallest absolute Gasteiger partial charge is 0.162 e. The van der Waals surface area contributed by atoms with E-state index in [2.05, 4.69) is 5.10 Å². The minimum Gasteiger partial charge on any atom is -0.493 e. The molecule has 0 atom stereocenters. The van der Waals surface area contributed by atoms with Crippen molar-refractivity contribution in [3.8, 4) is 5.75 Å². The Morgan fingerprint density at radius 3 is 2.61 bits per heavy atom. The normalized spacial score (nSPS) is 28.7. The van der Waals surface area contributed by atoms with Crippen molar-refractivity contribution >= 4 is 0 Å². The van der Waals surface area contributed by atoms with E-state index in [0.717, 1.165) is 18.5 Å². The Balaban J connectivity index is 2.39. The molecule has 1 aliphatic rings. The summed E-state index contributed by atoms with van der Waals surface area (Å²) in [6, 6.07) is 0.398. The van der Waals surface area contributed by atoms with Crippen LogP contribution in [0.3, 0.4) is 0 Å². The lowest BCUT2D eigenvalue weighted by molar-refractivity contribution is -0.0156. The van der Waals surface area contributed by atoms with Gasteiger partial charge in [0.15, 0.2) is 5.75 Å². The van der Waals surface area contributed by atoms with E-state index in [9.17, 15) is 5.11 Å². The van der Waals surface area contributed by atoms with Gasteiger partial charge in [0.1, 0.15) is 11.3 Å². The van der Waals surface area contributed by atoms with E-state index in [1.807, 2.05) is 18.5 Å². The van der Waals surface area contributed by atoms with Crippen LogP contribution < -0.4 is 10.5 Å². The summed E-state index contributed by atoms with van der Waals surface area (Å²) in [5.74, 6) is 0.668. The minimum atomic E-state index is -0.859. The van der Waals surface area contributed by atoms with Gasteiger partial charge in [-0.2, -0.15) is 5.10 Å². The Hall–Kier alpha value is -1.07. The van der Waals surface area contributed by atoms with Crippen molar-refractivity contribution in [2.75, 3.05) is 7.11 Å². The van der Waals surface area contributed by atoms with E-state index in [4.69, 9.17) is 10.5 Å². The Labute approximate surface area is 108 Å². The van der Waals surface area contributed by atoms with Gasteiger partial charge in [-0.05, 0) is 39.5 Å². The van der Waals surface area contributed by atoms with E-state index >= 15 is 0 Å². The van der Waals surface area contributed by atoms with E-state index in [1.165, 1.54) is 0 Å². The molecule has 0 spiro atoms. The standard InChI is InChI=1S/C13H23N3O2/c1-9(2)16-12(11(18-3)8-15-16)13(17)6-4-10(14)5-7-13/h8-10,17H,4-7,14H2,1-3H3. The third kappa shape index (κ3) is 2.24. The molecule has 3 N–H and O–H groups in total. The highest BCUT2D eigenvalue weighted by atomic mass is 16.5. The summed E-state index contributed by atoms with van der Waals surface area (Å²) < 4.78 is 7.20. The fourth-order valence-corrected chi connectivity index (χ4v) is 2.68. The second kappa shape index (κ2) is 4.90. The van der Waals surface area contributed by atoms with E-state index in [1.54, 1.807) is 13.3 Å². The van der Waals surface area contributed by atoms with Crippen molar-refractivity contribution in [1.82, 2.24) is 9.78 Å². The second-order valence-corrected chi connectivity index (χ2v) is 5.47. The zero-order valence-corrected chi connectivity index (χ0v) is 11.4. The lowest BCUT2D eigenvalue weighted by Gasteiger charge is -2.36. The first-order chi connectivity index (χ1) is 8.48. The molecule has 5 nitrogen and oxygen atoms in total. The summed E-state index contributed by atoms with van der Waals surface area (Å²) in [5, 5.41) is 15.2. The molecule has 0 unspecified atom stereocenters. The van der Waals surface area contributed by atoms with Gasteiger partial charge in [-0.3, -0.25) is 4.68 Å². The topological polar surface area (TPSA) is 73.3 Å². The number of nitrogens with two attached hydrogens (primary N) is 1. The van der Waals surface area contributed by atoms with Crippen molar-refractivity contribution in [3.05, 3.63) is 11.9 Å². The molecule has 5 heteroatoms. The third-order valence-corrected chi connectivity index (χ3v) is 3.77. The highest BCUT2D eigenvalue weighted by molar-refractivity contribution is 5.31. The summed E-state index contributed by atoms with van der Waals surface area (Å²) in [4.78, 5) is 0. The third-order valence-electron chi connectivity index (χ3n) is 3.77. The van der Waals surface area contributed by atoms with Crippen molar-refractivity contribution in [3.63, 3.8) is 0 Å². The number of aliphatic hydroxyl groups is 1. The van der Waals surface area contributed by atoms with Crippen molar-refractivity contribution in [2.45, 2.75) is 57.2 Å². The largest absolute Gasteiger partial charge is 0.493 e. The van der Waals surface area contributed by atoms with Gasteiger partial charge in [-0.1, -0.05) is 0 Å². The van der Waals surface area contributed by atoms with E-state index in [-0.39, 0.29) is 12.1 Å². The lowest BCUT2D eigenvalue weighted by atomic mass is 9.80. The number of hydrogen-bond donors (Lipinski definition) is 2. The van der Waals surface area contributed by atoms with Crippen LogP contribution in [0.4, 0.5) is 0 Å². The van der Waals surface area contributed by atoms with Gasteiger partial charge in [0, 0.05) is 12.1 Å². The van der Waals surface area contributed by atoms with Gasteiger partial charge < -0.3 is 15.6 Å². The molecule has 1 heterocycles. The Morgan fingerprint density at radius 1 is 1.50 bits per heavy atom. The lowest BCUT2D eigenvalue weighted by Crippen LogP contribution is -2.38. The summed E-state index contributed by atoms with van der Waals surface area (Å²) >= 11 is 0. The molecule has 0 saturated heterocycles. The molecule has 1 aromatic rings. The van der Waals surface area contributed by atoms with Crippen LogP contribution in [0.25, 0.3) is 0 Å². The van der Waals surface area contributed by atoms with Crippen LogP contribution in [0.5, 0.6) is 5.75 Å². The van der Waals surface area contributed by atoms with Gasteiger partial charge in [0.05, 0.1) is 13.3 Å². The number of rotatable bonds is 3. The van der Waals surface area contributed by atoms with Crippen LogP contribution in [0.15, 0.2) is 6.20 Å². The molecule has 0 aromatic carbocycles. The number of methoxy groups -OCH3 is 1. The van der Waals surface area contributed by atoms with Crippen molar-refractivity contribution in [2.24, 2.45) is 5.73 Å². The molecule has 0 aliphatic heterocycles. The predicted octanol–water partition coefficient (Wildman–Crippen LogP) is 1.56. The first kappa shape index (κ1) is 13.4. The summed E-state index contributed by atoms with van der Waals surface area (Å²) in [6.45, 7) is 4.10. The van der Waals surface area contributed by atoms with Gasteiger partial charge in [-0.25, -0.2) is 0 Å². The van der Waals surface area contributed by atoms with Crippen LogP contribution in [0.2, 0.25) is 0 Å². The molecule has 1 aliphatic carbocycles. The average molecular weight is 253 g/mol. The molecule has 0 bridgehead atoms. The molecule has 18 heavy (non-hydrogen) atoms. The quantitative estimate of drug-likeness (QED) is 0.857. The van der Waals surface area contributed by atoms with Gasteiger partial charge in [-0.15, -0.1) is 0 Å². The monoisotopic (exact) mass is 253 g/mol. The Bertz CT molecular complexity index is 406. The highest BCUT2D eigenvalue weighted by Crippen LogP contribution is 2.41. The number of aromatic nitrogens is 2. The van der Waals surface area contributed by atoms with Crippen molar-refractivity contribution < 1.29 is 9.84 Å². The maximum atomic E-state index is 10.9. The summed E-state index contributed by atoms with van der Waals surface area (Å²) in [6.07, 6.45) is 4.69.